The quantitative estimate of drug-likeness (QED) is 0.730. The van der Waals surface area contributed by atoms with E-state index in [1.807, 2.05) is 30.0 Å². The highest BCUT2D eigenvalue weighted by Gasteiger charge is 2.19. The Labute approximate surface area is 155 Å². The normalized spacial score (nSPS) is 17.1. The predicted molar refractivity (Wildman–Crippen MR) is 104 cm³/mol. The molecule has 1 aliphatic heterocycles. The number of nitrogens with one attached hydrogen (secondary N) is 2. The number of aromatic nitrogens is 2. The van der Waals surface area contributed by atoms with Crippen molar-refractivity contribution in [1.82, 2.24) is 20.4 Å². The molecule has 0 saturated heterocycles. The Bertz CT molecular complexity index is 770. The van der Waals surface area contributed by atoms with Crippen molar-refractivity contribution in [1.29, 1.82) is 0 Å². The van der Waals surface area contributed by atoms with E-state index in [9.17, 15) is 0 Å². The molecule has 0 radical (unpaired) electrons. The summed E-state index contributed by atoms with van der Waals surface area (Å²) >= 11 is 9.99. The van der Waals surface area contributed by atoms with Crippen LogP contribution in [0.25, 0.3) is 5.82 Å². The van der Waals surface area contributed by atoms with E-state index in [1.54, 1.807) is 6.20 Å². The van der Waals surface area contributed by atoms with Crippen LogP contribution in [0.5, 0.6) is 0 Å². The average Bonchev–Trinajstić information content (AvgIpc) is 2.75. The first-order valence-corrected chi connectivity index (χ1v) is 9.00. The van der Waals surface area contributed by atoms with Crippen LogP contribution in [-0.2, 0) is 0 Å². The van der Waals surface area contributed by atoms with Gasteiger partial charge in [0.15, 0.2) is 5.82 Å². The summed E-state index contributed by atoms with van der Waals surface area (Å²) in [5.41, 5.74) is 2.01. The number of nitrogens with zero attached hydrogens (tertiary/aromatic N) is 3. The van der Waals surface area contributed by atoms with Crippen LogP contribution in [0.1, 0.15) is 12.8 Å². The second-order valence-electron chi connectivity index (χ2n) is 5.43. The predicted octanol–water partition coefficient (Wildman–Crippen LogP) is 3.74. The van der Waals surface area contributed by atoms with Gasteiger partial charge in [-0.05, 0) is 47.1 Å². The van der Waals surface area contributed by atoms with E-state index in [0.29, 0.717) is 6.42 Å². The molecule has 1 aromatic heterocycles. The van der Waals surface area contributed by atoms with Gasteiger partial charge in [-0.2, -0.15) is 9.78 Å². The summed E-state index contributed by atoms with van der Waals surface area (Å²) < 4.78 is 2.68. The molecule has 0 spiro atoms. The van der Waals surface area contributed by atoms with E-state index in [-0.39, 0.29) is 0 Å². The van der Waals surface area contributed by atoms with Gasteiger partial charge >= 0.3 is 0 Å². The molecule has 2 aliphatic rings. The van der Waals surface area contributed by atoms with E-state index >= 15 is 0 Å². The van der Waals surface area contributed by atoms with Crippen molar-refractivity contribution >= 4 is 44.9 Å². The monoisotopic (exact) mass is 407 g/mol. The van der Waals surface area contributed by atoms with Crippen molar-refractivity contribution in [3.05, 3.63) is 51.7 Å². The van der Waals surface area contributed by atoms with Gasteiger partial charge < -0.3 is 10.6 Å². The number of hydrogen-bond acceptors (Lipinski definition) is 4. The van der Waals surface area contributed by atoms with Crippen molar-refractivity contribution < 1.29 is 0 Å². The zero-order chi connectivity index (χ0) is 16.9. The van der Waals surface area contributed by atoms with Crippen molar-refractivity contribution in [3.63, 3.8) is 0 Å². The summed E-state index contributed by atoms with van der Waals surface area (Å²) in [6.45, 7) is 1.68. The Kier molecular flexibility index (Phi) is 5.71. The summed E-state index contributed by atoms with van der Waals surface area (Å²) in [5.74, 6) is 1.71. The fourth-order valence-electron chi connectivity index (χ4n) is 2.56. The van der Waals surface area contributed by atoms with Crippen LogP contribution in [0.2, 0.25) is 0 Å². The van der Waals surface area contributed by atoms with Gasteiger partial charge in [-0.15, -0.1) is 0 Å². The molecular weight excluding hydrogens is 390 g/mol. The number of aliphatic imine (C=N–C) groups is 1. The largest absolute Gasteiger partial charge is 0.369 e. The summed E-state index contributed by atoms with van der Waals surface area (Å²) in [5, 5.41) is 11.7. The summed E-state index contributed by atoms with van der Waals surface area (Å²) in [6, 6.07) is 0. The fraction of sp³-hybridized carbons (Fsp3) is 0.294. The van der Waals surface area contributed by atoms with Crippen LogP contribution < -0.4 is 10.6 Å². The molecule has 0 bridgehead atoms. The summed E-state index contributed by atoms with van der Waals surface area (Å²) in [7, 11) is 1.93. The van der Waals surface area contributed by atoms with Crippen molar-refractivity contribution in [2.75, 3.05) is 20.1 Å². The first-order valence-electron chi connectivity index (χ1n) is 7.83. The topological polar surface area (TPSA) is 54.2 Å². The van der Waals surface area contributed by atoms with Crippen LogP contribution in [0.3, 0.4) is 0 Å². The number of halogens is 2. The number of likely N-dealkylation sites (N-methyl/N-ethyl adjacent to an activating group) is 1. The molecule has 0 atom stereocenters. The molecule has 0 amide bonds. The molecule has 5 nitrogen and oxygen atoms in total. The molecule has 2 N–H and O–H groups in total. The van der Waals surface area contributed by atoms with Gasteiger partial charge in [0.1, 0.15) is 5.82 Å². The van der Waals surface area contributed by atoms with E-state index in [4.69, 9.17) is 16.6 Å². The molecule has 1 aliphatic carbocycles. The molecule has 0 fully saturated rings. The molecule has 0 aromatic carbocycles. The Hall–Kier alpha value is -1.63. The number of fused-ring (bicyclic) bond motifs is 1. The molecule has 24 heavy (non-hydrogen) atoms. The van der Waals surface area contributed by atoms with Gasteiger partial charge in [-0.25, -0.2) is 4.99 Å². The van der Waals surface area contributed by atoms with E-state index in [0.717, 1.165) is 51.9 Å². The zero-order valence-electron chi connectivity index (χ0n) is 13.4. The van der Waals surface area contributed by atoms with Crippen LogP contribution in [0, 0.1) is 0 Å². The average molecular weight is 409 g/mol. The first kappa shape index (κ1) is 17.2. The van der Waals surface area contributed by atoms with Gasteiger partial charge in [0, 0.05) is 24.5 Å². The van der Waals surface area contributed by atoms with Crippen molar-refractivity contribution in [3.8, 4) is 0 Å². The second kappa shape index (κ2) is 7.96. The molecule has 7 heteroatoms. The van der Waals surface area contributed by atoms with E-state index < -0.39 is 0 Å². The molecule has 1 aromatic rings. The first-order chi connectivity index (χ1) is 11.7. The Balaban J connectivity index is 1.97. The maximum atomic E-state index is 6.45. The maximum absolute atomic E-state index is 6.45. The highest BCUT2D eigenvalue weighted by Crippen LogP contribution is 2.32. The highest BCUT2D eigenvalue weighted by molar-refractivity contribution is 9.10. The van der Waals surface area contributed by atoms with Gasteiger partial charge in [-0.1, -0.05) is 29.8 Å². The molecule has 2 heterocycles. The Morgan fingerprint density at radius 1 is 1.29 bits per heavy atom. The lowest BCUT2D eigenvalue weighted by atomic mass is 10.0. The van der Waals surface area contributed by atoms with Crippen LogP contribution in [-0.4, -0.2) is 35.6 Å². The standard InChI is InChI=1S/C17H19BrClN5/c1-20-9-10-21-16-8-7-15(12-5-3-2-4-6-14(12)19)23-17-13(18)11-22-24(16)17/h2-4,6,8,11,20-21H,5,7,9-10H2,1H3. The van der Waals surface area contributed by atoms with Crippen LogP contribution in [0.4, 0.5) is 5.82 Å². The lowest BCUT2D eigenvalue weighted by Crippen LogP contribution is -2.26. The molecule has 0 unspecified atom stereocenters. The zero-order valence-corrected chi connectivity index (χ0v) is 15.7. The third-order valence-electron chi connectivity index (χ3n) is 3.79. The molecule has 0 saturated carbocycles. The third kappa shape index (κ3) is 3.71. The molecular formula is C17H19BrClN5. The van der Waals surface area contributed by atoms with Crippen LogP contribution in [0.15, 0.2) is 56.6 Å². The van der Waals surface area contributed by atoms with Gasteiger partial charge in [0.25, 0.3) is 0 Å². The highest BCUT2D eigenvalue weighted by atomic mass is 79.9. The lowest BCUT2D eigenvalue weighted by Gasteiger charge is -2.11. The minimum atomic E-state index is 0.699. The minimum absolute atomic E-state index is 0.699. The SMILES string of the molecule is CNCCNC1=CCC(C2=C(Cl)C=CC=CC2)=Nc2c(Br)cnn21. The third-order valence-corrected chi connectivity index (χ3v) is 4.70. The maximum Gasteiger partial charge on any atom is 0.171 e. The lowest BCUT2D eigenvalue weighted by molar-refractivity contribution is 0.713. The summed E-state index contributed by atoms with van der Waals surface area (Å²) in [4.78, 5) is 4.85. The van der Waals surface area contributed by atoms with Crippen molar-refractivity contribution in [2.24, 2.45) is 4.99 Å². The smallest absolute Gasteiger partial charge is 0.171 e. The van der Waals surface area contributed by atoms with Crippen molar-refractivity contribution in [2.45, 2.75) is 12.8 Å². The molecule has 126 valence electrons. The molecule has 3 rings (SSSR count). The van der Waals surface area contributed by atoms with Gasteiger partial charge in [-0.3, -0.25) is 0 Å². The number of rotatable bonds is 5. The van der Waals surface area contributed by atoms with Gasteiger partial charge in [0.2, 0.25) is 0 Å². The number of hydrogen-bond donors (Lipinski definition) is 2. The Morgan fingerprint density at radius 2 is 2.17 bits per heavy atom. The second-order valence-corrected chi connectivity index (χ2v) is 6.69. The van der Waals surface area contributed by atoms with E-state index in [1.165, 1.54) is 0 Å². The van der Waals surface area contributed by atoms with Gasteiger partial charge in [0.05, 0.1) is 16.4 Å². The summed E-state index contributed by atoms with van der Waals surface area (Å²) in [6.07, 6.45) is 13.3. The van der Waals surface area contributed by atoms with Crippen LogP contribution >= 0.6 is 27.5 Å². The van der Waals surface area contributed by atoms with E-state index in [2.05, 4.69) is 43.8 Å². The minimum Gasteiger partial charge on any atom is -0.369 e. The Morgan fingerprint density at radius 3 is 3.00 bits per heavy atom. The number of allylic oxidation sites excluding steroid dienone is 7. The fourth-order valence-corrected chi connectivity index (χ4v) is 3.17.